The summed E-state index contributed by atoms with van der Waals surface area (Å²) in [5, 5.41) is 0. The molecule has 0 aliphatic heterocycles. The van der Waals surface area contributed by atoms with E-state index in [4.69, 9.17) is 5.73 Å². The van der Waals surface area contributed by atoms with Gasteiger partial charge in [0.1, 0.15) is 5.82 Å². The number of hydrogen-bond donors (Lipinski definition) is 0. The van der Waals surface area contributed by atoms with Crippen molar-refractivity contribution in [1.82, 2.24) is 5.73 Å². The van der Waals surface area contributed by atoms with Crippen LogP contribution in [0.1, 0.15) is 68.6 Å². The number of nitrogens with one attached hydrogen (secondary N) is 1. The molecule has 1 unspecified atom stereocenters. The van der Waals surface area contributed by atoms with Gasteiger partial charge < -0.3 is 0 Å². The van der Waals surface area contributed by atoms with Gasteiger partial charge in [-0.2, -0.15) is 0 Å². The summed E-state index contributed by atoms with van der Waals surface area (Å²) < 4.78 is 13.7. The summed E-state index contributed by atoms with van der Waals surface area (Å²) in [6.45, 7) is 2.24. The van der Waals surface area contributed by atoms with E-state index >= 15 is 0 Å². The first-order chi connectivity index (χ1) is 13.2. The predicted octanol–water partition coefficient (Wildman–Crippen LogP) is 6.36. The Kier molecular flexibility index (Phi) is 9.66. The fourth-order valence-corrected chi connectivity index (χ4v) is 3.17. The van der Waals surface area contributed by atoms with Crippen LogP contribution in [0.25, 0.3) is 0 Å². The van der Waals surface area contributed by atoms with E-state index in [-0.39, 0.29) is 11.9 Å². The van der Waals surface area contributed by atoms with Crippen molar-refractivity contribution in [2.45, 2.75) is 70.8 Å². The molecule has 0 aromatic heterocycles. The van der Waals surface area contributed by atoms with Crippen molar-refractivity contribution in [2.24, 2.45) is 0 Å². The second-order valence-electron chi connectivity index (χ2n) is 7.21. The molecule has 1 N–H and O–H groups in total. The summed E-state index contributed by atoms with van der Waals surface area (Å²) in [7, 11) is 0. The minimum Gasteiger partial charge on any atom is -0.254 e. The minimum atomic E-state index is -0.341. The highest BCUT2D eigenvalue weighted by Gasteiger charge is 2.09. The molecule has 1 atom stereocenters. The first kappa shape index (κ1) is 21.2. The van der Waals surface area contributed by atoms with E-state index in [9.17, 15) is 4.39 Å². The molecule has 27 heavy (non-hydrogen) atoms. The molecule has 1 radical (unpaired) electrons. The normalized spacial score (nSPS) is 11.7. The van der Waals surface area contributed by atoms with E-state index in [1.807, 2.05) is 30.3 Å². The van der Waals surface area contributed by atoms with Crippen LogP contribution in [0.3, 0.4) is 0 Å². The lowest BCUT2D eigenvalue weighted by atomic mass is 9.99. The summed E-state index contributed by atoms with van der Waals surface area (Å²) >= 11 is 0. The van der Waals surface area contributed by atoms with Gasteiger partial charge in [-0.25, -0.2) is 4.39 Å². The molecule has 0 aliphatic carbocycles. The molecule has 0 spiro atoms. The molecule has 0 amide bonds. The Balaban J connectivity index is 1.73. The van der Waals surface area contributed by atoms with Crippen LogP contribution in [0, 0.1) is 17.7 Å². The number of halogens is 1. The molecule has 143 valence electrons. The van der Waals surface area contributed by atoms with E-state index in [1.165, 1.54) is 44.6 Å². The Hall–Kier alpha value is -2.11. The van der Waals surface area contributed by atoms with Gasteiger partial charge in [0.2, 0.25) is 0 Å². The van der Waals surface area contributed by atoms with Crippen molar-refractivity contribution in [2.75, 3.05) is 0 Å². The van der Waals surface area contributed by atoms with Crippen LogP contribution >= 0.6 is 0 Å². The number of rotatable bonds is 10. The Bertz CT molecular complexity index is 724. The van der Waals surface area contributed by atoms with Crippen molar-refractivity contribution < 1.29 is 4.39 Å². The lowest BCUT2D eigenvalue weighted by Crippen LogP contribution is -2.16. The number of benzene rings is 2. The molecule has 2 aromatic rings. The Morgan fingerprint density at radius 1 is 0.889 bits per heavy atom. The number of unbranched alkanes of at least 4 members (excludes halogenated alkanes) is 6. The van der Waals surface area contributed by atoms with Crippen molar-refractivity contribution in [3.63, 3.8) is 0 Å². The van der Waals surface area contributed by atoms with Gasteiger partial charge in [-0.1, -0.05) is 81.2 Å². The molecule has 2 aromatic carbocycles. The van der Waals surface area contributed by atoms with Gasteiger partial charge in [0.05, 0.1) is 0 Å². The average Bonchev–Trinajstić information content (AvgIpc) is 2.67. The molecule has 2 heteroatoms. The first-order valence-electron chi connectivity index (χ1n) is 10.2. The molecule has 1 nitrogen and oxygen atoms in total. The van der Waals surface area contributed by atoms with Gasteiger partial charge in [0, 0.05) is 18.0 Å². The summed E-state index contributed by atoms with van der Waals surface area (Å²) in [6, 6.07) is 14.5. The monoisotopic (exact) mass is 364 g/mol. The number of hydrogen-bond acceptors (Lipinski definition) is 0. The molecule has 0 fully saturated rings. The molecule has 2 rings (SSSR count). The van der Waals surface area contributed by atoms with Crippen LogP contribution in [0.2, 0.25) is 0 Å². The molecule has 0 saturated heterocycles. The largest absolute Gasteiger partial charge is 0.254 e. The fraction of sp³-hybridized carbons (Fsp3) is 0.440. The Morgan fingerprint density at radius 3 is 2.33 bits per heavy atom. The minimum absolute atomic E-state index is 0.217. The zero-order valence-electron chi connectivity index (χ0n) is 16.4. The predicted molar refractivity (Wildman–Crippen MR) is 112 cm³/mol. The van der Waals surface area contributed by atoms with Gasteiger partial charge in [0.15, 0.2) is 0 Å². The van der Waals surface area contributed by atoms with Crippen molar-refractivity contribution in [3.8, 4) is 11.8 Å². The van der Waals surface area contributed by atoms with Crippen LogP contribution in [-0.2, 0) is 12.8 Å². The maximum absolute atomic E-state index is 13.7. The topological polar surface area (TPSA) is 23.8 Å². The third-order valence-electron chi connectivity index (χ3n) is 4.75. The second kappa shape index (κ2) is 12.3. The summed E-state index contributed by atoms with van der Waals surface area (Å²) in [6.07, 6.45) is 9.80. The molecule has 0 heterocycles. The van der Waals surface area contributed by atoms with E-state index in [1.54, 1.807) is 12.1 Å². The van der Waals surface area contributed by atoms with Crippen LogP contribution in [0.5, 0.6) is 0 Å². The van der Waals surface area contributed by atoms with Gasteiger partial charge in [-0.15, -0.1) is 0 Å². The van der Waals surface area contributed by atoms with E-state index in [2.05, 4.69) is 18.8 Å². The van der Waals surface area contributed by atoms with Crippen molar-refractivity contribution >= 4 is 0 Å². The standard InChI is InChI=1S/C25H31FN/c1-2-3-4-5-6-7-8-9-12-21-15-17-22(18-16-21)19-24(27)20-23-13-10-11-14-25(23)26/h10-11,13-18,24,27H,2-8,19-20H2,1H3. The van der Waals surface area contributed by atoms with Crippen LogP contribution in [-0.4, -0.2) is 6.04 Å². The highest BCUT2D eigenvalue weighted by molar-refractivity contribution is 5.36. The smallest absolute Gasteiger partial charge is 0.126 e. The van der Waals surface area contributed by atoms with Gasteiger partial charge >= 0.3 is 0 Å². The van der Waals surface area contributed by atoms with E-state index in [0.29, 0.717) is 18.4 Å². The zero-order valence-corrected chi connectivity index (χ0v) is 16.4. The maximum atomic E-state index is 13.7. The molecule has 0 aliphatic rings. The Labute approximate surface area is 164 Å². The van der Waals surface area contributed by atoms with Gasteiger partial charge in [-0.05, 0) is 48.6 Å². The SMILES string of the molecule is CCCCCCCCC#Cc1ccc(CC([NH])Cc2ccccc2F)cc1. The zero-order chi connectivity index (χ0) is 19.3. The van der Waals surface area contributed by atoms with E-state index < -0.39 is 0 Å². The lowest BCUT2D eigenvalue weighted by molar-refractivity contribution is 0.578. The average molecular weight is 365 g/mol. The molecule has 0 bridgehead atoms. The van der Waals surface area contributed by atoms with Gasteiger partial charge in [-0.3, -0.25) is 5.73 Å². The second-order valence-corrected chi connectivity index (χ2v) is 7.21. The molecular weight excluding hydrogens is 333 g/mol. The van der Waals surface area contributed by atoms with Crippen molar-refractivity contribution in [1.29, 1.82) is 0 Å². The first-order valence-corrected chi connectivity index (χ1v) is 10.2. The quantitative estimate of drug-likeness (QED) is 0.346. The lowest BCUT2D eigenvalue weighted by Gasteiger charge is -2.11. The summed E-state index contributed by atoms with van der Waals surface area (Å²) in [5.41, 5.74) is 11.0. The summed E-state index contributed by atoms with van der Waals surface area (Å²) in [5.74, 6) is 6.27. The Morgan fingerprint density at radius 2 is 1.59 bits per heavy atom. The van der Waals surface area contributed by atoms with Crippen LogP contribution < -0.4 is 5.73 Å². The third kappa shape index (κ3) is 8.41. The molecular formula is C25H31FN. The molecule has 0 saturated carbocycles. The summed E-state index contributed by atoms with van der Waals surface area (Å²) in [4.78, 5) is 0. The van der Waals surface area contributed by atoms with Crippen LogP contribution in [0.4, 0.5) is 4.39 Å². The highest BCUT2D eigenvalue weighted by atomic mass is 19.1. The van der Waals surface area contributed by atoms with Crippen LogP contribution in [0.15, 0.2) is 48.5 Å². The third-order valence-corrected chi connectivity index (χ3v) is 4.75. The van der Waals surface area contributed by atoms with Crippen molar-refractivity contribution in [3.05, 3.63) is 71.0 Å². The highest BCUT2D eigenvalue weighted by Crippen LogP contribution is 2.13. The fourth-order valence-electron chi connectivity index (χ4n) is 3.17. The maximum Gasteiger partial charge on any atom is 0.126 e. The van der Waals surface area contributed by atoms with E-state index in [0.717, 1.165) is 17.5 Å². The van der Waals surface area contributed by atoms with Gasteiger partial charge in [0.25, 0.3) is 0 Å².